The maximum Gasteiger partial charge on any atom is 0.231 e. The summed E-state index contributed by atoms with van der Waals surface area (Å²) in [5.74, 6) is 0.210. The Balaban J connectivity index is 1.73. The number of hydrogen-bond donors (Lipinski definition) is 1. The van der Waals surface area contributed by atoms with Gasteiger partial charge in [0.05, 0.1) is 24.8 Å². The van der Waals surface area contributed by atoms with Crippen LogP contribution in [-0.4, -0.2) is 23.9 Å². The number of nitrogens with one attached hydrogen (secondary N) is 1. The van der Waals surface area contributed by atoms with Gasteiger partial charge in [0.2, 0.25) is 11.8 Å². The lowest BCUT2D eigenvalue weighted by Gasteiger charge is -2.40. The van der Waals surface area contributed by atoms with Gasteiger partial charge in [-0.1, -0.05) is 29.8 Å². The third-order valence-corrected chi connectivity index (χ3v) is 6.43. The third kappa shape index (κ3) is 4.46. The number of benzene rings is 2. The van der Waals surface area contributed by atoms with E-state index in [4.69, 9.17) is 4.74 Å². The van der Waals surface area contributed by atoms with Gasteiger partial charge in [-0.05, 0) is 50.1 Å². The maximum absolute atomic E-state index is 13.3. The molecule has 1 aliphatic heterocycles. The minimum Gasteiger partial charge on any atom is -0.497 e. The Morgan fingerprint density at radius 2 is 1.84 bits per heavy atom. The molecule has 0 aliphatic carbocycles. The normalized spacial score (nSPS) is 18.7. The van der Waals surface area contributed by atoms with Crippen molar-refractivity contribution in [2.75, 3.05) is 17.3 Å². The summed E-state index contributed by atoms with van der Waals surface area (Å²) in [7, 11) is 1.62. The first-order valence-corrected chi connectivity index (χ1v) is 11.1. The van der Waals surface area contributed by atoms with Gasteiger partial charge < -0.3 is 15.0 Å². The molecule has 6 nitrogen and oxygen atoms in total. The van der Waals surface area contributed by atoms with Crippen LogP contribution in [0, 0.1) is 19.8 Å². The highest BCUT2D eigenvalue weighted by molar-refractivity contribution is 7.13. The third-order valence-electron chi connectivity index (χ3n) is 5.55. The van der Waals surface area contributed by atoms with E-state index < -0.39 is 12.0 Å². The molecule has 2 amide bonds. The van der Waals surface area contributed by atoms with E-state index in [-0.39, 0.29) is 11.8 Å². The number of methoxy groups -OCH3 is 1. The van der Waals surface area contributed by atoms with Gasteiger partial charge in [-0.25, -0.2) is 4.98 Å². The Bertz CT molecular complexity index is 1080. The van der Waals surface area contributed by atoms with Crippen LogP contribution in [0.15, 0.2) is 53.9 Å². The summed E-state index contributed by atoms with van der Waals surface area (Å²) in [5, 5.41) is 5.44. The van der Waals surface area contributed by atoms with Gasteiger partial charge in [0.1, 0.15) is 5.75 Å². The Kier molecular flexibility index (Phi) is 6.04. The van der Waals surface area contributed by atoms with Crippen molar-refractivity contribution in [3.8, 4) is 5.75 Å². The maximum atomic E-state index is 13.3. The fraction of sp³-hybridized carbons (Fsp3) is 0.292. The smallest absolute Gasteiger partial charge is 0.231 e. The van der Waals surface area contributed by atoms with Gasteiger partial charge >= 0.3 is 0 Å². The second-order valence-corrected chi connectivity index (χ2v) is 8.60. The van der Waals surface area contributed by atoms with Crippen molar-refractivity contribution in [1.82, 2.24) is 4.98 Å². The van der Waals surface area contributed by atoms with Crippen LogP contribution in [0.25, 0.3) is 0 Å². The second kappa shape index (κ2) is 8.89. The van der Waals surface area contributed by atoms with Crippen LogP contribution in [0.1, 0.15) is 35.7 Å². The van der Waals surface area contributed by atoms with Crippen molar-refractivity contribution in [2.45, 2.75) is 32.7 Å². The molecule has 0 radical (unpaired) electrons. The summed E-state index contributed by atoms with van der Waals surface area (Å²) in [6, 6.07) is 15.0. The van der Waals surface area contributed by atoms with Crippen LogP contribution in [0.5, 0.6) is 5.75 Å². The van der Waals surface area contributed by atoms with Crippen molar-refractivity contribution in [1.29, 1.82) is 0 Å². The summed E-state index contributed by atoms with van der Waals surface area (Å²) in [6.45, 7) is 3.90. The molecule has 0 bridgehead atoms. The average molecular weight is 436 g/mol. The summed E-state index contributed by atoms with van der Waals surface area (Å²) in [5.41, 5.74) is 3.67. The van der Waals surface area contributed by atoms with Gasteiger partial charge in [-0.15, -0.1) is 11.3 Å². The Hall–Kier alpha value is -3.19. The van der Waals surface area contributed by atoms with Gasteiger partial charge in [0.25, 0.3) is 0 Å². The largest absolute Gasteiger partial charge is 0.497 e. The monoisotopic (exact) mass is 435 g/mol. The molecule has 3 aromatic rings. The number of aromatic nitrogens is 1. The first kappa shape index (κ1) is 21.1. The minimum absolute atomic E-state index is 0.0128. The number of nitrogens with zero attached hydrogens (tertiary/aromatic N) is 2. The van der Waals surface area contributed by atoms with Crippen molar-refractivity contribution >= 4 is 34.0 Å². The molecule has 2 aromatic carbocycles. The lowest BCUT2D eigenvalue weighted by atomic mass is 9.83. The lowest BCUT2D eigenvalue weighted by Crippen LogP contribution is -2.47. The zero-order valence-electron chi connectivity index (χ0n) is 17.8. The van der Waals surface area contributed by atoms with Gasteiger partial charge in [-0.2, -0.15) is 0 Å². The van der Waals surface area contributed by atoms with Gasteiger partial charge in [-0.3, -0.25) is 9.59 Å². The fourth-order valence-corrected chi connectivity index (χ4v) is 4.66. The second-order valence-electron chi connectivity index (χ2n) is 7.75. The van der Waals surface area contributed by atoms with E-state index in [1.54, 1.807) is 12.0 Å². The first-order chi connectivity index (χ1) is 15.0. The summed E-state index contributed by atoms with van der Waals surface area (Å²) < 4.78 is 5.29. The molecule has 1 saturated heterocycles. The van der Waals surface area contributed by atoms with Crippen LogP contribution >= 0.6 is 11.3 Å². The van der Waals surface area contributed by atoms with Crippen LogP contribution in [0.2, 0.25) is 0 Å². The molecule has 160 valence electrons. The van der Waals surface area contributed by atoms with E-state index in [0.29, 0.717) is 18.0 Å². The molecule has 4 rings (SSSR count). The molecule has 31 heavy (non-hydrogen) atoms. The van der Waals surface area contributed by atoms with E-state index in [1.807, 2.05) is 67.8 Å². The molecule has 2 unspecified atom stereocenters. The van der Waals surface area contributed by atoms with Gasteiger partial charge in [0, 0.05) is 17.5 Å². The number of ether oxygens (including phenoxy) is 1. The molecular weight excluding hydrogens is 410 g/mol. The average Bonchev–Trinajstić information content (AvgIpc) is 3.18. The molecule has 1 N–H and O–H groups in total. The SMILES string of the molecule is COc1ccc(C2C(C(=O)Nc3nc(C)cs3)CCC(=O)N2c2ccc(C)cc2)cc1. The summed E-state index contributed by atoms with van der Waals surface area (Å²) in [4.78, 5) is 32.5. The zero-order chi connectivity index (χ0) is 22.0. The van der Waals surface area contributed by atoms with E-state index >= 15 is 0 Å². The standard InChI is InChI=1S/C24H25N3O3S/c1-15-4-8-18(9-5-15)27-21(28)13-12-20(23(29)26-24-25-16(2)14-31-24)22(27)17-6-10-19(30-3)11-7-17/h4-11,14,20,22H,12-13H2,1-3H3,(H,25,26,29). The topological polar surface area (TPSA) is 71.5 Å². The fourth-order valence-electron chi connectivity index (χ4n) is 3.97. The quantitative estimate of drug-likeness (QED) is 0.619. The van der Waals surface area contributed by atoms with E-state index in [0.717, 1.165) is 28.3 Å². The predicted molar refractivity (Wildman–Crippen MR) is 123 cm³/mol. The molecule has 0 saturated carbocycles. The lowest BCUT2D eigenvalue weighted by molar-refractivity contribution is -0.125. The highest BCUT2D eigenvalue weighted by Crippen LogP contribution is 2.41. The molecule has 7 heteroatoms. The number of anilines is 2. The minimum atomic E-state index is -0.420. The Labute approximate surface area is 185 Å². The molecule has 2 heterocycles. The predicted octanol–water partition coefficient (Wildman–Crippen LogP) is 4.89. The highest BCUT2D eigenvalue weighted by atomic mass is 32.1. The summed E-state index contributed by atoms with van der Waals surface area (Å²) >= 11 is 1.40. The number of hydrogen-bond acceptors (Lipinski definition) is 5. The number of rotatable bonds is 5. The summed E-state index contributed by atoms with van der Waals surface area (Å²) in [6.07, 6.45) is 0.795. The van der Waals surface area contributed by atoms with E-state index in [1.165, 1.54) is 11.3 Å². The van der Waals surface area contributed by atoms with E-state index in [9.17, 15) is 9.59 Å². The molecule has 1 aliphatic rings. The number of thiazole rings is 1. The van der Waals surface area contributed by atoms with Crippen molar-refractivity contribution < 1.29 is 14.3 Å². The number of aryl methyl sites for hydroxylation is 2. The number of carbonyl (C=O) groups excluding carboxylic acids is 2. The Morgan fingerprint density at radius 3 is 2.45 bits per heavy atom. The molecule has 0 spiro atoms. The molecule has 2 atom stereocenters. The van der Waals surface area contributed by atoms with Crippen LogP contribution in [0.4, 0.5) is 10.8 Å². The van der Waals surface area contributed by atoms with Crippen molar-refractivity contribution in [2.24, 2.45) is 5.92 Å². The Morgan fingerprint density at radius 1 is 1.13 bits per heavy atom. The van der Waals surface area contributed by atoms with Crippen molar-refractivity contribution in [3.63, 3.8) is 0 Å². The molecular formula is C24H25N3O3S. The van der Waals surface area contributed by atoms with E-state index in [2.05, 4.69) is 10.3 Å². The number of piperidine rings is 1. The molecule has 1 aromatic heterocycles. The number of carbonyl (C=O) groups is 2. The van der Waals surface area contributed by atoms with Gasteiger partial charge in [0.15, 0.2) is 5.13 Å². The first-order valence-electron chi connectivity index (χ1n) is 10.2. The van der Waals surface area contributed by atoms with Crippen LogP contribution in [0.3, 0.4) is 0 Å². The molecule has 1 fully saturated rings. The highest BCUT2D eigenvalue weighted by Gasteiger charge is 2.41. The van der Waals surface area contributed by atoms with Crippen LogP contribution in [-0.2, 0) is 9.59 Å². The van der Waals surface area contributed by atoms with Crippen LogP contribution < -0.4 is 15.0 Å². The zero-order valence-corrected chi connectivity index (χ0v) is 18.6. The number of amides is 2. The van der Waals surface area contributed by atoms with Crippen molar-refractivity contribution in [3.05, 3.63) is 70.7 Å².